The van der Waals surface area contributed by atoms with Crippen LogP contribution >= 0.6 is 12.4 Å². The van der Waals surface area contributed by atoms with E-state index in [9.17, 15) is 4.79 Å². The first-order chi connectivity index (χ1) is 10.3. The SMILES string of the molecule is CCN1CCCC1CNC(=O)c1ccccc1CCNC.Cl. The molecule has 2 N–H and O–H groups in total. The molecule has 0 bridgehead atoms. The van der Waals surface area contributed by atoms with E-state index in [0.717, 1.165) is 43.7 Å². The first-order valence-corrected chi connectivity index (χ1v) is 8.01. The van der Waals surface area contributed by atoms with Crippen LogP contribution in [0.25, 0.3) is 0 Å². The number of hydrogen-bond donors (Lipinski definition) is 2. The van der Waals surface area contributed by atoms with Gasteiger partial charge in [0, 0.05) is 18.2 Å². The zero-order chi connectivity index (χ0) is 15.1. The summed E-state index contributed by atoms with van der Waals surface area (Å²) < 4.78 is 0. The molecule has 124 valence electrons. The highest BCUT2D eigenvalue weighted by Gasteiger charge is 2.23. The van der Waals surface area contributed by atoms with Crippen LogP contribution in [-0.2, 0) is 6.42 Å². The molecule has 5 heteroatoms. The van der Waals surface area contributed by atoms with Crippen molar-refractivity contribution in [3.8, 4) is 0 Å². The van der Waals surface area contributed by atoms with Crippen molar-refractivity contribution in [2.45, 2.75) is 32.2 Å². The summed E-state index contributed by atoms with van der Waals surface area (Å²) in [6.45, 7) is 6.06. The van der Waals surface area contributed by atoms with Gasteiger partial charge in [0.05, 0.1) is 0 Å². The van der Waals surface area contributed by atoms with Gasteiger partial charge >= 0.3 is 0 Å². The van der Waals surface area contributed by atoms with Crippen LogP contribution in [0.5, 0.6) is 0 Å². The lowest BCUT2D eigenvalue weighted by Crippen LogP contribution is -2.40. The zero-order valence-electron chi connectivity index (χ0n) is 13.6. The van der Waals surface area contributed by atoms with Gasteiger partial charge in [-0.1, -0.05) is 25.1 Å². The third kappa shape index (κ3) is 4.97. The molecule has 1 aromatic carbocycles. The highest BCUT2D eigenvalue weighted by atomic mass is 35.5. The van der Waals surface area contributed by atoms with E-state index in [1.807, 2.05) is 31.3 Å². The Kier molecular flexibility index (Phi) is 8.46. The van der Waals surface area contributed by atoms with Gasteiger partial charge < -0.3 is 10.6 Å². The number of benzene rings is 1. The van der Waals surface area contributed by atoms with E-state index < -0.39 is 0 Å². The summed E-state index contributed by atoms with van der Waals surface area (Å²) in [7, 11) is 1.93. The molecule has 0 spiro atoms. The largest absolute Gasteiger partial charge is 0.350 e. The minimum absolute atomic E-state index is 0. The van der Waals surface area contributed by atoms with Gasteiger partial charge in [0.25, 0.3) is 5.91 Å². The van der Waals surface area contributed by atoms with Crippen molar-refractivity contribution in [2.75, 3.05) is 33.2 Å². The average molecular weight is 326 g/mol. The Bertz CT molecular complexity index is 467. The Balaban J connectivity index is 0.00000242. The lowest BCUT2D eigenvalue weighted by molar-refractivity contribution is 0.0940. The van der Waals surface area contributed by atoms with E-state index in [4.69, 9.17) is 0 Å². The maximum Gasteiger partial charge on any atom is 0.251 e. The fourth-order valence-corrected chi connectivity index (χ4v) is 3.07. The van der Waals surface area contributed by atoms with Crippen LogP contribution in [-0.4, -0.2) is 50.1 Å². The number of nitrogens with zero attached hydrogens (tertiary/aromatic N) is 1. The first-order valence-electron chi connectivity index (χ1n) is 8.01. The number of likely N-dealkylation sites (tertiary alicyclic amines) is 1. The number of carbonyl (C=O) groups excluding carboxylic acids is 1. The van der Waals surface area contributed by atoms with Crippen molar-refractivity contribution in [1.82, 2.24) is 15.5 Å². The van der Waals surface area contributed by atoms with Gasteiger partial charge in [-0.05, 0) is 57.6 Å². The summed E-state index contributed by atoms with van der Waals surface area (Å²) in [4.78, 5) is 14.9. The summed E-state index contributed by atoms with van der Waals surface area (Å²) in [5.74, 6) is 0.0599. The standard InChI is InChI=1S/C17H27N3O.ClH/c1-3-20-12-6-8-15(20)13-19-17(21)16-9-5-4-7-14(16)10-11-18-2;/h4-5,7,9,15,18H,3,6,8,10-13H2,1-2H3,(H,19,21);1H. The van der Waals surface area contributed by atoms with Crippen LogP contribution in [0.3, 0.4) is 0 Å². The normalized spacial score (nSPS) is 18.0. The highest BCUT2D eigenvalue weighted by molar-refractivity contribution is 5.95. The van der Waals surface area contributed by atoms with Gasteiger partial charge in [-0.15, -0.1) is 12.4 Å². The van der Waals surface area contributed by atoms with Crippen molar-refractivity contribution >= 4 is 18.3 Å². The van der Waals surface area contributed by atoms with Crippen LogP contribution in [0.1, 0.15) is 35.7 Å². The Labute approximate surface area is 140 Å². The molecular formula is C17H28ClN3O. The molecule has 2 rings (SSSR count). The minimum Gasteiger partial charge on any atom is -0.350 e. The molecular weight excluding hydrogens is 298 g/mol. The summed E-state index contributed by atoms with van der Waals surface area (Å²) in [6, 6.07) is 8.40. The van der Waals surface area contributed by atoms with Crippen molar-refractivity contribution in [3.05, 3.63) is 35.4 Å². The molecule has 0 aromatic heterocycles. The molecule has 1 atom stereocenters. The zero-order valence-corrected chi connectivity index (χ0v) is 14.4. The topological polar surface area (TPSA) is 44.4 Å². The molecule has 1 fully saturated rings. The molecule has 22 heavy (non-hydrogen) atoms. The van der Waals surface area contributed by atoms with E-state index in [1.54, 1.807) is 0 Å². The van der Waals surface area contributed by atoms with E-state index in [0.29, 0.717) is 6.04 Å². The maximum absolute atomic E-state index is 12.4. The Morgan fingerprint density at radius 2 is 2.14 bits per heavy atom. The number of nitrogens with one attached hydrogen (secondary N) is 2. The molecule has 1 unspecified atom stereocenters. The molecule has 0 saturated carbocycles. The summed E-state index contributed by atoms with van der Waals surface area (Å²) in [6.07, 6.45) is 3.31. The van der Waals surface area contributed by atoms with Crippen molar-refractivity contribution in [1.29, 1.82) is 0 Å². The lowest BCUT2D eigenvalue weighted by Gasteiger charge is -2.23. The first kappa shape index (κ1) is 18.9. The third-order valence-electron chi connectivity index (χ3n) is 4.31. The van der Waals surface area contributed by atoms with Gasteiger partial charge in [0.15, 0.2) is 0 Å². The number of carbonyl (C=O) groups is 1. The van der Waals surface area contributed by atoms with Gasteiger partial charge in [0.1, 0.15) is 0 Å². The number of likely N-dealkylation sites (N-methyl/N-ethyl adjacent to an activating group) is 2. The molecule has 0 aliphatic carbocycles. The molecule has 1 aromatic rings. The average Bonchev–Trinajstić information content (AvgIpc) is 2.98. The van der Waals surface area contributed by atoms with Crippen molar-refractivity contribution in [3.63, 3.8) is 0 Å². The fraction of sp³-hybridized carbons (Fsp3) is 0.588. The quantitative estimate of drug-likeness (QED) is 0.807. The molecule has 1 saturated heterocycles. The summed E-state index contributed by atoms with van der Waals surface area (Å²) in [5, 5.41) is 6.26. The van der Waals surface area contributed by atoms with Crippen LogP contribution in [0.15, 0.2) is 24.3 Å². The molecule has 1 amide bonds. The van der Waals surface area contributed by atoms with Gasteiger partial charge in [-0.25, -0.2) is 0 Å². The summed E-state index contributed by atoms with van der Waals surface area (Å²) in [5.41, 5.74) is 1.93. The molecule has 1 heterocycles. The monoisotopic (exact) mass is 325 g/mol. The third-order valence-corrected chi connectivity index (χ3v) is 4.31. The predicted octanol–water partition coefficient (Wildman–Crippen LogP) is 2.08. The summed E-state index contributed by atoms with van der Waals surface area (Å²) >= 11 is 0. The van der Waals surface area contributed by atoms with E-state index in [1.165, 1.54) is 12.8 Å². The molecule has 0 radical (unpaired) electrons. The Morgan fingerprint density at radius 3 is 2.86 bits per heavy atom. The number of hydrogen-bond acceptors (Lipinski definition) is 3. The van der Waals surface area contributed by atoms with Crippen molar-refractivity contribution < 1.29 is 4.79 Å². The molecule has 4 nitrogen and oxygen atoms in total. The van der Waals surface area contributed by atoms with Gasteiger partial charge in [-0.3, -0.25) is 9.69 Å². The van der Waals surface area contributed by atoms with Crippen LogP contribution in [0.2, 0.25) is 0 Å². The number of amides is 1. The second-order valence-corrected chi connectivity index (χ2v) is 5.65. The second-order valence-electron chi connectivity index (χ2n) is 5.65. The highest BCUT2D eigenvalue weighted by Crippen LogP contribution is 2.16. The minimum atomic E-state index is 0. The fourth-order valence-electron chi connectivity index (χ4n) is 3.07. The smallest absolute Gasteiger partial charge is 0.251 e. The second kappa shape index (κ2) is 9.82. The van der Waals surface area contributed by atoms with E-state index >= 15 is 0 Å². The van der Waals surface area contributed by atoms with Gasteiger partial charge in [0.2, 0.25) is 0 Å². The molecule has 1 aliphatic rings. The van der Waals surface area contributed by atoms with E-state index in [-0.39, 0.29) is 18.3 Å². The number of rotatable bonds is 7. The van der Waals surface area contributed by atoms with Crippen molar-refractivity contribution in [2.24, 2.45) is 0 Å². The lowest BCUT2D eigenvalue weighted by atomic mass is 10.0. The predicted molar refractivity (Wildman–Crippen MR) is 93.9 cm³/mol. The van der Waals surface area contributed by atoms with Crippen LogP contribution < -0.4 is 10.6 Å². The number of halogens is 1. The van der Waals surface area contributed by atoms with Crippen LogP contribution in [0.4, 0.5) is 0 Å². The molecule has 1 aliphatic heterocycles. The maximum atomic E-state index is 12.4. The van der Waals surface area contributed by atoms with Crippen LogP contribution in [0, 0.1) is 0 Å². The Hall–Kier alpha value is -1.10. The van der Waals surface area contributed by atoms with E-state index in [2.05, 4.69) is 22.5 Å². The Morgan fingerprint density at radius 1 is 1.36 bits per heavy atom. The van der Waals surface area contributed by atoms with Gasteiger partial charge in [-0.2, -0.15) is 0 Å².